The van der Waals surface area contributed by atoms with E-state index in [0.717, 1.165) is 22.0 Å². The number of fused-ring (bicyclic) bond motifs is 1. The molecule has 0 aliphatic heterocycles. The lowest BCUT2D eigenvalue weighted by Crippen LogP contribution is -2.45. The average Bonchev–Trinajstić information content (AvgIpc) is 2.94. The van der Waals surface area contributed by atoms with Gasteiger partial charge >= 0.3 is 0 Å². The minimum atomic E-state index is -3.51. The van der Waals surface area contributed by atoms with Gasteiger partial charge in [0.25, 0.3) is 0 Å². The van der Waals surface area contributed by atoms with E-state index in [4.69, 9.17) is 4.74 Å². The van der Waals surface area contributed by atoms with Gasteiger partial charge in [0.05, 0.1) is 16.9 Å². The second-order valence-electron chi connectivity index (χ2n) is 7.03. The molecule has 1 aliphatic carbocycles. The van der Waals surface area contributed by atoms with E-state index in [0.29, 0.717) is 5.88 Å². The molecule has 26 heavy (non-hydrogen) atoms. The van der Waals surface area contributed by atoms with E-state index in [1.807, 2.05) is 57.2 Å². The summed E-state index contributed by atoms with van der Waals surface area (Å²) >= 11 is 0. The predicted octanol–water partition coefficient (Wildman–Crippen LogP) is 3.16. The second kappa shape index (κ2) is 7.25. The molecule has 0 bridgehead atoms. The summed E-state index contributed by atoms with van der Waals surface area (Å²) in [6.07, 6.45) is 3.93. The number of aromatic nitrogens is 2. The topological polar surface area (TPSA) is 84.1 Å². The van der Waals surface area contributed by atoms with E-state index in [1.165, 1.54) is 0 Å². The second-order valence-corrected chi connectivity index (χ2v) is 8.86. The number of aromatic amines is 1. The first-order valence-corrected chi connectivity index (χ1v) is 10.3. The van der Waals surface area contributed by atoms with E-state index in [1.54, 1.807) is 6.92 Å². The zero-order valence-electron chi connectivity index (χ0n) is 15.5. The van der Waals surface area contributed by atoms with Gasteiger partial charge in [-0.25, -0.2) is 13.1 Å². The Labute approximate surface area is 154 Å². The summed E-state index contributed by atoms with van der Waals surface area (Å²) in [4.78, 5) is 0. The summed E-state index contributed by atoms with van der Waals surface area (Å²) in [5.41, 5.74) is 2.84. The smallest absolute Gasteiger partial charge is 0.240 e. The van der Waals surface area contributed by atoms with Crippen molar-refractivity contribution in [3.05, 3.63) is 47.6 Å². The third-order valence-corrected chi connectivity index (χ3v) is 6.71. The van der Waals surface area contributed by atoms with Gasteiger partial charge in [0.15, 0.2) is 0 Å². The molecule has 0 spiro atoms. The molecular formula is C19H25N3O3S. The molecule has 140 valence electrons. The molecule has 1 aliphatic rings. The van der Waals surface area contributed by atoms with Gasteiger partial charge in [-0.2, -0.15) is 0 Å². The van der Waals surface area contributed by atoms with Crippen LogP contribution in [0.1, 0.15) is 27.7 Å². The van der Waals surface area contributed by atoms with Crippen LogP contribution in [0.5, 0.6) is 5.88 Å². The van der Waals surface area contributed by atoms with Crippen molar-refractivity contribution in [2.75, 3.05) is 6.61 Å². The fourth-order valence-electron chi connectivity index (χ4n) is 3.57. The van der Waals surface area contributed by atoms with E-state index in [9.17, 15) is 8.42 Å². The summed E-state index contributed by atoms with van der Waals surface area (Å²) in [5, 5.41) is 7.37. The molecule has 1 heterocycles. The Balaban J connectivity index is 1.66. The van der Waals surface area contributed by atoms with E-state index in [-0.39, 0.29) is 18.6 Å². The highest BCUT2D eigenvalue weighted by molar-refractivity contribution is 7.90. The molecule has 1 aromatic heterocycles. The van der Waals surface area contributed by atoms with Crippen molar-refractivity contribution < 1.29 is 13.2 Å². The first-order chi connectivity index (χ1) is 12.3. The Hall–Kier alpha value is -2.12. The maximum Gasteiger partial charge on any atom is 0.240 e. The number of nitrogens with zero attached hydrogens (tertiary/aromatic N) is 1. The maximum atomic E-state index is 12.8. The largest absolute Gasteiger partial charge is 0.474 e. The number of hydrogen-bond donors (Lipinski definition) is 2. The van der Waals surface area contributed by atoms with Crippen molar-refractivity contribution >= 4 is 20.9 Å². The third-order valence-electron chi connectivity index (χ3n) is 4.51. The minimum Gasteiger partial charge on any atom is -0.474 e. The number of allylic oxidation sites excluding steroid dienone is 3. The van der Waals surface area contributed by atoms with Crippen LogP contribution >= 0.6 is 0 Å². The van der Waals surface area contributed by atoms with Crippen LogP contribution in [0.25, 0.3) is 10.9 Å². The fourth-order valence-corrected chi connectivity index (χ4v) is 5.55. The van der Waals surface area contributed by atoms with Crippen LogP contribution in [0, 0.1) is 5.92 Å². The zero-order chi connectivity index (χ0) is 18.9. The van der Waals surface area contributed by atoms with Gasteiger partial charge in [-0.1, -0.05) is 42.4 Å². The van der Waals surface area contributed by atoms with Gasteiger partial charge in [-0.3, -0.25) is 5.10 Å². The number of ether oxygens (including phenoxy) is 1. The molecule has 7 heteroatoms. The molecule has 0 saturated carbocycles. The molecule has 2 aromatic rings. The molecule has 6 nitrogen and oxygen atoms in total. The van der Waals surface area contributed by atoms with Crippen LogP contribution in [0.4, 0.5) is 0 Å². The van der Waals surface area contributed by atoms with E-state index < -0.39 is 15.3 Å². The number of sulfonamides is 1. The highest BCUT2D eigenvalue weighted by Crippen LogP contribution is 2.28. The molecule has 0 fully saturated rings. The van der Waals surface area contributed by atoms with E-state index in [2.05, 4.69) is 14.9 Å². The first-order valence-electron chi connectivity index (χ1n) is 8.71. The van der Waals surface area contributed by atoms with E-state index >= 15 is 0 Å². The first kappa shape index (κ1) is 18.7. The van der Waals surface area contributed by atoms with Gasteiger partial charge in [0.1, 0.15) is 11.9 Å². The third kappa shape index (κ3) is 3.83. The van der Waals surface area contributed by atoms with Crippen LogP contribution in [0.3, 0.4) is 0 Å². The Morgan fingerprint density at radius 3 is 2.77 bits per heavy atom. The fraction of sp³-hybridized carbons (Fsp3) is 0.421. The average molecular weight is 375 g/mol. The number of H-pyrrole nitrogens is 1. The monoisotopic (exact) mass is 375 g/mol. The molecular weight excluding hydrogens is 350 g/mol. The number of rotatable bonds is 6. The predicted molar refractivity (Wildman–Crippen MR) is 104 cm³/mol. The Morgan fingerprint density at radius 2 is 2.04 bits per heavy atom. The summed E-state index contributed by atoms with van der Waals surface area (Å²) < 4.78 is 34.2. The van der Waals surface area contributed by atoms with Crippen LogP contribution in [0.2, 0.25) is 0 Å². The number of benzene rings is 1. The summed E-state index contributed by atoms with van der Waals surface area (Å²) in [6.45, 7) is 7.78. The van der Waals surface area contributed by atoms with Crippen molar-refractivity contribution in [3.63, 3.8) is 0 Å². The number of para-hydroxylation sites is 1. The van der Waals surface area contributed by atoms with Crippen LogP contribution < -0.4 is 9.46 Å². The van der Waals surface area contributed by atoms with Gasteiger partial charge in [-0.15, -0.1) is 5.10 Å². The van der Waals surface area contributed by atoms with Gasteiger partial charge in [-0.05, 0) is 38.8 Å². The normalized spacial score (nSPS) is 22.0. The number of hydrogen-bond acceptors (Lipinski definition) is 4. The van der Waals surface area contributed by atoms with Crippen LogP contribution in [0.15, 0.2) is 47.6 Å². The quantitative estimate of drug-likeness (QED) is 0.812. The van der Waals surface area contributed by atoms with Gasteiger partial charge < -0.3 is 4.74 Å². The summed E-state index contributed by atoms with van der Waals surface area (Å²) in [6, 6.07) is 7.28. The maximum absolute atomic E-state index is 12.8. The lowest BCUT2D eigenvalue weighted by molar-refractivity contribution is 0.279. The highest BCUT2D eigenvalue weighted by Gasteiger charge is 2.34. The van der Waals surface area contributed by atoms with Crippen molar-refractivity contribution in [1.82, 2.24) is 14.9 Å². The standard InChI is InChI=1S/C19H25N3O3S/c1-12-9-13(2)18(14(3)10-12)26(23,24)22-15(4)11-25-19-16-7-5-6-8-17(16)20-21-19/h5-10,13,15,18,22H,11H2,1-4H3,(H,20,21)/t13?,15-,18?/m0/s1. The molecule has 0 amide bonds. The van der Waals surface area contributed by atoms with Crippen molar-refractivity contribution in [3.8, 4) is 5.88 Å². The minimum absolute atomic E-state index is 0.0686. The molecule has 3 rings (SSSR count). The van der Waals surface area contributed by atoms with Gasteiger partial charge in [0.2, 0.25) is 15.9 Å². The molecule has 2 unspecified atom stereocenters. The Morgan fingerprint density at radius 1 is 1.31 bits per heavy atom. The zero-order valence-corrected chi connectivity index (χ0v) is 16.3. The van der Waals surface area contributed by atoms with Crippen molar-refractivity contribution in [2.45, 2.75) is 39.0 Å². The SMILES string of the molecule is CC1=CC(C)C(S(=O)(=O)N[C@@H](C)COc2n[nH]c3ccccc23)C(C)=C1. The van der Waals surface area contributed by atoms with Crippen LogP contribution in [-0.4, -0.2) is 36.5 Å². The number of nitrogens with one attached hydrogen (secondary N) is 2. The molecule has 3 atom stereocenters. The van der Waals surface area contributed by atoms with Crippen molar-refractivity contribution in [2.24, 2.45) is 5.92 Å². The Kier molecular flexibility index (Phi) is 5.20. The van der Waals surface area contributed by atoms with Crippen molar-refractivity contribution in [1.29, 1.82) is 0 Å². The lowest BCUT2D eigenvalue weighted by Gasteiger charge is -2.28. The summed E-state index contributed by atoms with van der Waals surface area (Å²) in [5.74, 6) is 0.410. The molecule has 0 saturated heterocycles. The molecule has 0 radical (unpaired) electrons. The molecule has 1 aromatic carbocycles. The highest BCUT2D eigenvalue weighted by atomic mass is 32.2. The lowest BCUT2D eigenvalue weighted by atomic mass is 9.92. The van der Waals surface area contributed by atoms with Gasteiger partial charge in [0, 0.05) is 0 Å². The van der Waals surface area contributed by atoms with Crippen LogP contribution in [-0.2, 0) is 10.0 Å². The Bertz CT molecular complexity index is 959. The molecule has 2 N–H and O–H groups in total. The summed E-state index contributed by atoms with van der Waals surface area (Å²) in [7, 11) is -3.51.